The van der Waals surface area contributed by atoms with Crippen LogP contribution >= 0.6 is 11.6 Å². The van der Waals surface area contributed by atoms with Crippen LogP contribution in [-0.4, -0.2) is 12.1 Å². The van der Waals surface area contributed by atoms with Gasteiger partial charge >= 0.3 is 0 Å². The first-order valence-electron chi connectivity index (χ1n) is 3.32. The lowest BCUT2D eigenvalue weighted by atomic mass is 10.2. The predicted octanol–water partition coefficient (Wildman–Crippen LogP) is 2.36. The van der Waals surface area contributed by atoms with Gasteiger partial charge in [-0.3, -0.25) is 0 Å². The lowest BCUT2D eigenvalue weighted by Gasteiger charge is -2.07. The molecule has 0 aliphatic carbocycles. The fourth-order valence-corrected chi connectivity index (χ4v) is 1.15. The van der Waals surface area contributed by atoms with Crippen LogP contribution in [0.4, 0.5) is 0 Å². The van der Waals surface area contributed by atoms with Gasteiger partial charge in [-0.05, 0) is 13.8 Å². The molecule has 0 amide bonds. The van der Waals surface area contributed by atoms with Crippen molar-refractivity contribution in [1.29, 1.82) is 0 Å². The molecule has 0 aliphatic rings. The molecule has 0 aromatic carbocycles. The van der Waals surface area contributed by atoms with Crippen molar-refractivity contribution >= 4 is 11.6 Å². The second-order valence-corrected chi connectivity index (χ2v) is 2.75. The van der Waals surface area contributed by atoms with Gasteiger partial charge in [0.05, 0.1) is 7.11 Å². The predicted molar refractivity (Wildman–Crippen MR) is 45.3 cm³/mol. The summed E-state index contributed by atoms with van der Waals surface area (Å²) >= 11 is 5.77. The van der Waals surface area contributed by atoms with E-state index in [9.17, 15) is 0 Å². The van der Waals surface area contributed by atoms with Crippen molar-refractivity contribution in [2.45, 2.75) is 13.8 Å². The number of hydrogen-bond acceptors (Lipinski definition) is 2. The average Bonchev–Trinajstić information content (AvgIpc) is 1.99. The second kappa shape index (κ2) is 3.09. The number of aromatic nitrogens is 1. The normalized spacial score (nSPS) is 9.82. The third kappa shape index (κ3) is 1.46. The van der Waals surface area contributed by atoms with Crippen molar-refractivity contribution in [3.05, 3.63) is 22.5 Å². The zero-order chi connectivity index (χ0) is 8.43. The lowest BCUT2D eigenvalue weighted by Crippen LogP contribution is -1.93. The Balaban J connectivity index is 3.29. The van der Waals surface area contributed by atoms with Crippen LogP contribution in [0.3, 0.4) is 0 Å². The van der Waals surface area contributed by atoms with Crippen LogP contribution in [0.25, 0.3) is 0 Å². The molecule has 0 atom stereocenters. The number of halogens is 1. The van der Waals surface area contributed by atoms with E-state index in [1.807, 2.05) is 13.8 Å². The van der Waals surface area contributed by atoms with E-state index in [2.05, 4.69) is 4.98 Å². The fraction of sp³-hybridized carbons (Fsp3) is 0.375. The zero-order valence-electron chi connectivity index (χ0n) is 6.81. The molecule has 0 fully saturated rings. The number of methoxy groups -OCH3 is 1. The summed E-state index contributed by atoms with van der Waals surface area (Å²) in [6, 6.07) is 0. The largest absolute Gasteiger partial charge is 0.496 e. The monoisotopic (exact) mass is 171 g/mol. The highest BCUT2D eigenvalue weighted by atomic mass is 35.5. The molecule has 1 aromatic rings. The summed E-state index contributed by atoms with van der Waals surface area (Å²) in [4.78, 5) is 3.97. The van der Waals surface area contributed by atoms with E-state index in [1.54, 1.807) is 13.3 Å². The van der Waals surface area contributed by atoms with E-state index in [0.717, 1.165) is 16.9 Å². The van der Waals surface area contributed by atoms with Crippen LogP contribution in [0.2, 0.25) is 5.15 Å². The van der Waals surface area contributed by atoms with Gasteiger partial charge in [-0.2, -0.15) is 0 Å². The molecule has 1 heterocycles. The highest BCUT2D eigenvalue weighted by Crippen LogP contribution is 2.26. The molecule has 2 nitrogen and oxygen atoms in total. The summed E-state index contributed by atoms with van der Waals surface area (Å²) in [6.45, 7) is 3.83. The standard InChI is InChI=1S/C8H10ClNO/c1-5-4-10-8(9)6(2)7(5)11-3/h4H,1-3H3. The molecule has 0 unspecified atom stereocenters. The third-order valence-electron chi connectivity index (χ3n) is 1.58. The van der Waals surface area contributed by atoms with Crippen molar-refractivity contribution in [3.63, 3.8) is 0 Å². The first-order valence-corrected chi connectivity index (χ1v) is 3.70. The van der Waals surface area contributed by atoms with Gasteiger partial charge in [0, 0.05) is 17.3 Å². The van der Waals surface area contributed by atoms with Crippen LogP contribution in [0.5, 0.6) is 5.75 Å². The first kappa shape index (κ1) is 8.34. The number of hydrogen-bond donors (Lipinski definition) is 0. The quantitative estimate of drug-likeness (QED) is 0.606. The molecule has 3 heteroatoms. The number of ether oxygens (including phenoxy) is 1. The second-order valence-electron chi connectivity index (χ2n) is 2.39. The molecule has 0 saturated carbocycles. The molecule has 0 radical (unpaired) electrons. The maximum absolute atomic E-state index is 5.77. The Labute approximate surface area is 71.2 Å². The van der Waals surface area contributed by atoms with E-state index >= 15 is 0 Å². The van der Waals surface area contributed by atoms with E-state index in [1.165, 1.54) is 0 Å². The highest BCUT2D eigenvalue weighted by molar-refractivity contribution is 6.30. The minimum Gasteiger partial charge on any atom is -0.496 e. The Morgan fingerprint density at radius 3 is 2.55 bits per heavy atom. The summed E-state index contributed by atoms with van der Waals surface area (Å²) in [6.07, 6.45) is 1.70. The lowest BCUT2D eigenvalue weighted by molar-refractivity contribution is 0.408. The topological polar surface area (TPSA) is 22.1 Å². The molecule has 0 N–H and O–H groups in total. The Kier molecular flexibility index (Phi) is 2.35. The van der Waals surface area contributed by atoms with E-state index in [-0.39, 0.29) is 0 Å². The van der Waals surface area contributed by atoms with Gasteiger partial charge in [0.1, 0.15) is 10.9 Å². The Morgan fingerprint density at radius 1 is 1.45 bits per heavy atom. The van der Waals surface area contributed by atoms with Crippen LogP contribution in [-0.2, 0) is 0 Å². The van der Waals surface area contributed by atoms with Crippen molar-refractivity contribution in [1.82, 2.24) is 4.98 Å². The van der Waals surface area contributed by atoms with Gasteiger partial charge in [0.15, 0.2) is 0 Å². The summed E-state index contributed by atoms with van der Waals surface area (Å²) in [7, 11) is 1.63. The summed E-state index contributed by atoms with van der Waals surface area (Å²) in [5.41, 5.74) is 1.91. The van der Waals surface area contributed by atoms with Crippen LogP contribution < -0.4 is 4.74 Å². The minimum atomic E-state index is 0.507. The summed E-state index contributed by atoms with van der Waals surface area (Å²) < 4.78 is 5.13. The Hall–Kier alpha value is -0.760. The van der Waals surface area contributed by atoms with E-state index in [4.69, 9.17) is 16.3 Å². The van der Waals surface area contributed by atoms with Crippen LogP contribution in [0, 0.1) is 13.8 Å². The van der Waals surface area contributed by atoms with Crippen molar-refractivity contribution in [2.75, 3.05) is 7.11 Å². The van der Waals surface area contributed by atoms with Crippen molar-refractivity contribution in [3.8, 4) is 5.75 Å². The van der Waals surface area contributed by atoms with Crippen molar-refractivity contribution in [2.24, 2.45) is 0 Å². The van der Waals surface area contributed by atoms with Gasteiger partial charge in [-0.1, -0.05) is 11.6 Å². The van der Waals surface area contributed by atoms with Crippen LogP contribution in [0.15, 0.2) is 6.20 Å². The van der Waals surface area contributed by atoms with Crippen LogP contribution in [0.1, 0.15) is 11.1 Å². The summed E-state index contributed by atoms with van der Waals surface area (Å²) in [5, 5.41) is 0.507. The number of aryl methyl sites for hydroxylation is 1. The molecular weight excluding hydrogens is 162 g/mol. The summed E-state index contributed by atoms with van der Waals surface area (Å²) in [5.74, 6) is 0.824. The molecule has 0 saturated heterocycles. The maximum atomic E-state index is 5.77. The number of rotatable bonds is 1. The van der Waals surface area contributed by atoms with Gasteiger partial charge in [0.25, 0.3) is 0 Å². The van der Waals surface area contributed by atoms with Gasteiger partial charge in [-0.15, -0.1) is 0 Å². The fourth-order valence-electron chi connectivity index (χ4n) is 1.01. The molecular formula is C8H10ClNO. The van der Waals surface area contributed by atoms with Crippen molar-refractivity contribution < 1.29 is 4.74 Å². The molecule has 11 heavy (non-hydrogen) atoms. The van der Waals surface area contributed by atoms with Gasteiger partial charge in [-0.25, -0.2) is 4.98 Å². The Bertz CT molecular complexity index is 273. The number of pyridine rings is 1. The molecule has 0 spiro atoms. The van der Waals surface area contributed by atoms with E-state index < -0.39 is 0 Å². The molecule has 60 valence electrons. The maximum Gasteiger partial charge on any atom is 0.135 e. The average molecular weight is 172 g/mol. The van der Waals surface area contributed by atoms with Gasteiger partial charge in [0.2, 0.25) is 0 Å². The van der Waals surface area contributed by atoms with E-state index in [0.29, 0.717) is 5.15 Å². The minimum absolute atomic E-state index is 0.507. The van der Waals surface area contributed by atoms with Gasteiger partial charge < -0.3 is 4.74 Å². The first-order chi connectivity index (χ1) is 5.16. The highest BCUT2D eigenvalue weighted by Gasteiger charge is 2.06. The molecule has 1 aromatic heterocycles. The molecule has 0 bridgehead atoms. The SMILES string of the molecule is COc1c(C)cnc(Cl)c1C. The molecule has 1 rings (SSSR count). The smallest absolute Gasteiger partial charge is 0.135 e. The molecule has 0 aliphatic heterocycles. The zero-order valence-corrected chi connectivity index (χ0v) is 7.57. The Morgan fingerprint density at radius 2 is 2.09 bits per heavy atom. The number of nitrogens with zero attached hydrogens (tertiary/aromatic N) is 1. The third-order valence-corrected chi connectivity index (χ3v) is 1.96.